The minimum atomic E-state index is -0.238. The van der Waals surface area contributed by atoms with Crippen LogP contribution >= 0.6 is 11.6 Å². The number of halogens is 1. The molecule has 0 radical (unpaired) electrons. The molecule has 3 aromatic rings. The zero-order chi connectivity index (χ0) is 15.7. The highest BCUT2D eigenvalue weighted by atomic mass is 35.5. The quantitative estimate of drug-likeness (QED) is 0.804. The summed E-state index contributed by atoms with van der Waals surface area (Å²) in [7, 11) is 1.54. The summed E-state index contributed by atoms with van der Waals surface area (Å²) in [5.41, 5.74) is 2.58. The highest BCUT2D eigenvalue weighted by molar-refractivity contribution is 6.32. The molecule has 6 heteroatoms. The Kier molecular flexibility index (Phi) is 3.73. The molecule has 1 N–H and O–H groups in total. The van der Waals surface area contributed by atoms with E-state index in [0.717, 1.165) is 5.69 Å². The zero-order valence-electron chi connectivity index (χ0n) is 12.1. The zero-order valence-corrected chi connectivity index (χ0v) is 12.9. The molecule has 0 saturated carbocycles. The average Bonchev–Trinajstić information content (AvgIpc) is 2.87. The Balaban J connectivity index is 1.92. The van der Waals surface area contributed by atoms with Gasteiger partial charge in [0.05, 0.1) is 23.4 Å². The maximum absolute atomic E-state index is 12.5. The summed E-state index contributed by atoms with van der Waals surface area (Å²) in [5.74, 6) is 0.322. The number of pyridine rings is 1. The van der Waals surface area contributed by atoms with E-state index in [4.69, 9.17) is 16.3 Å². The molecule has 5 nitrogen and oxygen atoms in total. The smallest absolute Gasteiger partial charge is 0.259 e. The van der Waals surface area contributed by atoms with E-state index in [1.54, 1.807) is 31.4 Å². The van der Waals surface area contributed by atoms with Crippen LogP contribution in [0.4, 0.5) is 5.69 Å². The number of aryl methyl sites for hydroxylation is 1. The lowest BCUT2D eigenvalue weighted by molar-refractivity contribution is 0.102. The minimum Gasteiger partial charge on any atom is -0.495 e. The molecule has 2 aromatic heterocycles. The number of aromatic nitrogens is 2. The van der Waals surface area contributed by atoms with Crippen LogP contribution in [0, 0.1) is 6.92 Å². The summed E-state index contributed by atoms with van der Waals surface area (Å²) in [6.45, 7) is 1.89. The Morgan fingerprint density at radius 2 is 2.18 bits per heavy atom. The number of carbonyl (C=O) groups is 1. The van der Waals surface area contributed by atoms with E-state index in [-0.39, 0.29) is 5.91 Å². The first-order valence-corrected chi connectivity index (χ1v) is 7.05. The number of rotatable bonds is 3. The van der Waals surface area contributed by atoms with Gasteiger partial charge in [0.15, 0.2) is 0 Å². The standard InChI is InChI=1S/C16H14ClN3O2/c1-10-9-20-7-3-4-12(15(20)18-10)16(21)19-11-5-6-14(22-2)13(17)8-11/h3-9H,1-2H3,(H,19,21). The van der Waals surface area contributed by atoms with Gasteiger partial charge in [-0.25, -0.2) is 4.98 Å². The van der Waals surface area contributed by atoms with E-state index >= 15 is 0 Å². The van der Waals surface area contributed by atoms with Crippen molar-refractivity contribution in [1.29, 1.82) is 0 Å². The van der Waals surface area contributed by atoms with Gasteiger partial charge in [-0.1, -0.05) is 11.6 Å². The summed E-state index contributed by atoms with van der Waals surface area (Å²) in [6, 6.07) is 8.64. The number of imidazole rings is 1. The van der Waals surface area contributed by atoms with Crippen LogP contribution in [0.15, 0.2) is 42.7 Å². The highest BCUT2D eigenvalue weighted by Crippen LogP contribution is 2.27. The summed E-state index contributed by atoms with van der Waals surface area (Å²) in [4.78, 5) is 16.8. The second-order valence-electron chi connectivity index (χ2n) is 4.84. The van der Waals surface area contributed by atoms with Gasteiger partial charge in [0.25, 0.3) is 5.91 Å². The molecule has 2 heterocycles. The predicted octanol–water partition coefficient (Wildman–Crippen LogP) is 3.56. The Morgan fingerprint density at radius 1 is 1.36 bits per heavy atom. The first-order valence-electron chi connectivity index (χ1n) is 6.67. The van der Waals surface area contributed by atoms with Crippen LogP contribution in [0.25, 0.3) is 5.65 Å². The van der Waals surface area contributed by atoms with Gasteiger partial charge in [-0.3, -0.25) is 4.79 Å². The first-order chi connectivity index (χ1) is 10.6. The van der Waals surface area contributed by atoms with Crippen LogP contribution in [-0.4, -0.2) is 22.4 Å². The number of benzene rings is 1. The van der Waals surface area contributed by atoms with Gasteiger partial charge >= 0.3 is 0 Å². The van der Waals surface area contributed by atoms with Crippen molar-refractivity contribution in [2.24, 2.45) is 0 Å². The van der Waals surface area contributed by atoms with Crippen LogP contribution in [0.1, 0.15) is 16.1 Å². The fourth-order valence-corrected chi connectivity index (χ4v) is 2.51. The third-order valence-electron chi connectivity index (χ3n) is 3.26. The molecule has 0 unspecified atom stereocenters. The molecule has 0 aliphatic carbocycles. The average molecular weight is 316 g/mol. The summed E-state index contributed by atoms with van der Waals surface area (Å²) >= 11 is 6.06. The maximum atomic E-state index is 12.5. The highest BCUT2D eigenvalue weighted by Gasteiger charge is 2.13. The van der Waals surface area contributed by atoms with Crippen LogP contribution in [-0.2, 0) is 0 Å². The molecular weight excluding hydrogens is 302 g/mol. The largest absolute Gasteiger partial charge is 0.495 e. The van der Waals surface area contributed by atoms with Crippen molar-refractivity contribution in [3.8, 4) is 5.75 Å². The van der Waals surface area contributed by atoms with Crippen LogP contribution in [0.3, 0.4) is 0 Å². The molecule has 112 valence electrons. The van der Waals surface area contributed by atoms with Gasteiger partial charge in [-0.05, 0) is 37.3 Å². The van der Waals surface area contributed by atoms with Crippen molar-refractivity contribution in [2.75, 3.05) is 12.4 Å². The number of hydrogen-bond acceptors (Lipinski definition) is 3. The predicted molar refractivity (Wildman–Crippen MR) is 85.9 cm³/mol. The van der Waals surface area contributed by atoms with E-state index in [1.165, 1.54) is 0 Å². The maximum Gasteiger partial charge on any atom is 0.259 e. The lowest BCUT2D eigenvalue weighted by Gasteiger charge is -2.08. The molecule has 0 spiro atoms. The van der Waals surface area contributed by atoms with Crippen LogP contribution in [0.2, 0.25) is 5.02 Å². The van der Waals surface area contributed by atoms with Gasteiger partial charge in [0, 0.05) is 18.1 Å². The third kappa shape index (κ3) is 2.63. The summed E-state index contributed by atoms with van der Waals surface area (Å²) in [5, 5.41) is 3.26. The van der Waals surface area contributed by atoms with E-state index in [2.05, 4.69) is 10.3 Å². The molecule has 0 fully saturated rings. The number of nitrogens with zero attached hydrogens (tertiary/aromatic N) is 2. The Hall–Kier alpha value is -2.53. The van der Waals surface area contributed by atoms with Gasteiger partial charge < -0.3 is 14.5 Å². The van der Waals surface area contributed by atoms with Crippen molar-refractivity contribution in [3.63, 3.8) is 0 Å². The number of carbonyl (C=O) groups excluding carboxylic acids is 1. The number of amides is 1. The second kappa shape index (κ2) is 5.69. The molecule has 1 amide bonds. The Labute approximate surface area is 132 Å². The number of ether oxygens (including phenoxy) is 1. The van der Waals surface area contributed by atoms with Crippen molar-refractivity contribution >= 4 is 28.8 Å². The van der Waals surface area contributed by atoms with E-state index in [1.807, 2.05) is 29.8 Å². The molecule has 0 aliphatic rings. The van der Waals surface area contributed by atoms with Crippen molar-refractivity contribution in [1.82, 2.24) is 9.38 Å². The molecule has 3 rings (SSSR count). The van der Waals surface area contributed by atoms with E-state index in [0.29, 0.717) is 27.7 Å². The van der Waals surface area contributed by atoms with Crippen LogP contribution in [0.5, 0.6) is 5.75 Å². The number of nitrogens with one attached hydrogen (secondary N) is 1. The van der Waals surface area contributed by atoms with E-state index in [9.17, 15) is 4.79 Å². The number of methoxy groups -OCH3 is 1. The second-order valence-corrected chi connectivity index (χ2v) is 5.25. The molecule has 22 heavy (non-hydrogen) atoms. The lowest BCUT2D eigenvalue weighted by atomic mass is 10.2. The monoisotopic (exact) mass is 315 g/mol. The minimum absolute atomic E-state index is 0.238. The number of hydrogen-bond donors (Lipinski definition) is 1. The topological polar surface area (TPSA) is 55.6 Å². The Morgan fingerprint density at radius 3 is 2.91 bits per heavy atom. The van der Waals surface area contributed by atoms with Crippen LogP contribution < -0.4 is 10.1 Å². The molecule has 0 aliphatic heterocycles. The molecule has 0 bridgehead atoms. The third-order valence-corrected chi connectivity index (χ3v) is 3.55. The van der Waals surface area contributed by atoms with Gasteiger partial charge in [-0.2, -0.15) is 0 Å². The SMILES string of the molecule is COc1ccc(NC(=O)c2cccn3cc(C)nc23)cc1Cl. The Bertz CT molecular complexity index is 858. The van der Waals surface area contributed by atoms with Gasteiger partial charge in [-0.15, -0.1) is 0 Å². The number of fused-ring (bicyclic) bond motifs is 1. The van der Waals surface area contributed by atoms with Gasteiger partial charge in [0.1, 0.15) is 11.4 Å². The molecule has 0 atom stereocenters. The van der Waals surface area contributed by atoms with Crippen molar-refractivity contribution in [3.05, 3.63) is 59.0 Å². The normalized spacial score (nSPS) is 10.7. The molecule has 1 aromatic carbocycles. The fraction of sp³-hybridized carbons (Fsp3) is 0.125. The van der Waals surface area contributed by atoms with Gasteiger partial charge in [0.2, 0.25) is 0 Å². The van der Waals surface area contributed by atoms with Crippen molar-refractivity contribution < 1.29 is 9.53 Å². The first kappa shape index (κ1) is 14.4. The molecular formula is C16H14ClN3O2. The molecule has 0 saturated heterocycles. The van der Waals surface area contributed by atoms with E-state index < -0.39 is 0 Å². The summed E-state index contributed by atoms with van der Waals surface area (Å²) in [6.07, 6.45) is 3.73. The number of anilines is 1. The fourth-order valence-electron chi connectivity index (χ4n) is 2.26. The van der Waals surface area contributed by atoms with Crippen molar-refractivity contribution in [2.45, 2.75) is 6.92 Å². The lowest BCUT2D eigenvalue weighted by Crippen LogP contribution is -2.13. The summed E-state index contributed by atoms with van der Waals surface area (Å²) < 4.78 is 6.92.